The predicted octanol–water partition coefficient (Wildman–Crippen LogP) is 3.67. The highest BCUT2D eigenvalue weighted by molar-refractivity contribution is 7.07. The van der Waals surface area contributed by atoms with E-state index in [9.17, 15) is 0 Å². The minimum absolute atomic E-state index is 0.0740. The Hall–Kier alpha value is -1.36. The van der Waals surface area contributed by atoms with Crippen LogP contribution in [0.1, 0.15) is 30.5 Å². The van der Waals surface area contributed by atoms with Gasteiger partial charge in [0.2, 0.25) is 0 Å². The molecule has 2 unspecified atom stereocenters. The molecular formula is C17H24N2OS. The van der Waals surface area contributed by atoms with Crippen molar-refractivity contribution in [3.05, 3.63) is 52.2 Å². The number of para-hydroxylation sites is 1. The first-order chi connectivity index (χ1) is 10.2. The van der Waals surface area contributed by atoms with E-state index in [-0.39, 0.29) is 12.1 Å². The maximum Gasteiger partial charge on any atom is 0.123 e. The van der Waals surface area contributed by atoms with E-state index in [2.05, 4.69) is 41.8 Å². The van der Waals surface area contributed by atoms with Gasteiger partial charge in [0.15, 0.2) is 0 Å². The second kappa shape index (κ2) is 7.59. The number of ether oxygens (including phenoxy) is 1. The SMILES string of the molecule is CCC(N)C(c1ccccc1OC)N(C)Cc1ccsc1. The first-order valence-corrected chi connectivity index (χ1v) is 8.21. The number of rotatable bonds is 7. The molecule has 21 heavy (non-hydrogen) atoms. The molecule has 114 valence electrons. The quantitative estimate of drug-likeness (QED) is 0.848. The van der Waals surface area contributed by atoms with Crippen LogP contribution >= 0.6 is 11.3 Å². The summed E-state index contributed by atoms with van der Waals surface area (Å²) in [7, 11) is 3.84. The molecule has 3 nitrogen and oxygen atoms in total. The van der Waals surface area contributed by atoms with Gasteiger partial charge in [-0.1, -0.05) is 25.1 Å². The van der Waals surface area contributed by atoms with Gasteiger partial charge in [-0.05, 0) is 41.9 Å². The van der Waals surface area contributed by atoms with Crippen LogP contribution in [-0.4, -0.2) is 25.1 Å². The van der Waals surface area contributed by atoms with E-state index in [1.807, 2.05) is 18.2 Å². The second-order valence-corrected chi connectivity index (χ2v) is 6.09. The van der Waals surface area contributed by atoms with E-state index >= 15 is 0 Å². The van der Waals surface area contributed by atoms with Gasteiger partial charge >= 0.3 is 0 Å². The van der Waals surface area contributed by atoms with Crippen LogP contribution in [0, 0.1) is 0 Å². The maximum absolute atomic E-state index is 6.41. The summed E-state index contributed by atoms with van der Waals surface area (Å²) in [6.07, 6.45) is 0.927. The molecule has 0 radical (unpaired) electrons. The molecule has 0 fully saturated rings. The van der Waals surface area contributed by atoms with Crippen molar-refractivity contribution in [3.8, 4) is 5.75 Å². The van der Waals surface area contributed by atoms with E-state index in [0.29, 0.717) is 0 Å². The Morgan fingerprint density at radius 1 is 1.29 bits per heavy atom. The first kappa shape index (κ1) is 16.0. The molecule has 0 bridgehead atoms. The summed E-state index contributed by atoms with van der Waals surface area (Å²) in [6.45, 7) is 3.02. The molecule has 1 heterocycles. The summed E-state index contributed by atoms with van der Waals surface area (Å²) < 4.78 is 5.53. The number of methoxy groups -OCH3 is 1. The monoisotopic (exact) mass is 304 g/mol. The summed E-state index contributed by atoms with van der Waals surface area (Å²) >= 11 is 1.73. The van der Waals surface area contributed by atoms with Crippen LogP contribution in [0.4, 0.5) is 0 Å². The topological polar surface area (TPSA) is 38.5 Å². The smallest absolute Gasteiger partial charge is 0.123 e. The minimum atomic E-state index is 0.0740. The molecule has 0 aliphatic heterocycles. The van der Waals surface area contributed by atoms with Gasteiger partial charge in [0.25, 0.3) is 0 Å². The van der Waals surface area contributed by atoms with Crippen LogP contribution in [0.5, 0.6) is 5.75 Å². The Bertz CT molecular complexity index is 541. The molecule has 4 heteroatoms. The van der Waals surface area contributed by atoms with Crippen molar-refractivity contribution >= 4 is 11.3 Å². The van der Waals surface area contributed by atoms with Gasteiger partial charge in [-0.2, -0.15) is 11.3 Å². The lowest BCUT2D eigenvalue weighted by molar-refractivity contribution is 0.197. The highest BCUT2D eigenvalue weighted by atomic mass is 32.1. The fourth-order valence-electron chi connectivity index (χ4n) is 2.70. The third kappa shape index (κ3) is 3.84. The third-order valence-corrected chi connectivity index (χ3v) is 4.55. The van der Waals surface area contributed by atoms with Crippen LogP contribution in [-0.2, 0) is 6.54 Å². The van der Waals surface area contributed by atoms with Crippen molar-refractivity contribution < 1.29 is 4.74 Å². The van der Waals surface area contributed by atoms with Gasteiger partial charge in [0.1, 0.15) is 5.75 Å². The van der Waals surface area contributed by atoms with Gasteiger partial charge in [0, 0.05) is 18.2 Å². The molecule has 0 amide bonds. The van der Waals surface area contributed by atoms with Gasteiger partial charge in [0.05, 0.1) is 13.2 Å². The lowest BCUT2D eigenvalue weighted by Crippen LogP contribution is -2.38. The molecule has 0 aliphatic carbocycles. The Balaban J connectivity index is 2.29. The number of thiophene rings is 1. The van der Waals surface area contributed by atoms with Crippen LogP contribution in [0.25, 0.3) is 0 Å². The molecule has 1 aromatic carbocycles. The summed E-state index contributed by atoms with van der Waals surface area (Å²) in [5, 5.41) is 4.30. The zero-order chi connectivity index (χ0) is 15.2. The molecule has 2 N–H and O–H groups in total. The Morgan fingerprint density at radius 3 is 2.67 bits per heavy atom. The molecular weight excluding hydrogens is 280 g/mol. The van der Waals surface area contributed by atoms with Crippen LogP contribution < -0.4 is 10.5 Å². The second-order valence-electron chi connectivity index (χ2n) is 5.31. The Morgan fingerprint density at radius 2 is 2.05 bits per heavy atom. The number of likely N-dealkylation sites (N-methyl/N-ethyl adjacent to an activating group) is 1. The first-order valence-electron chi connectivity index (χ1n) is 7.27. The van der Waals surface area contributed by atoms with E-state index < -0.39 is 0 Å². The summed E-state index contributed by atoms with van der Waals surface area (Å²) in [4.78, 5) is 2.31. The van der Waals surface area contributed by atoms with Crippen molar-refractivity contribution in [2.75, 3.05) is 14.2 Å². The fourth-order valence-corrected chi connectivity index (χ4v) is 3.36. The minimum Gasteiger partial charge on any atom is -0.496 e. The van der Waals surface area contributed by atoms with Crippen molar-refractivity contribution in [3.63, 3.8) is 0 Å². The fraction of sp³-hybridized carbons (Fsp3) is 0.412. The highest BCUT2D eigenvalue weighted by Crippen LogP contribution is 2.32. The molecule has 1 aromatic heterocycles. The van der Waals surface area contributed by atoms with Crippen molar-refractivity contribution in [1.29, 1.82) is 0 Å². The Kier molecular flexibility index (Phi) is 5.79. The molecule has 0 saturated carbocycles. The van der Waals surface area contributed by atoms with E-state index in [1.165, 1.54) is 5.56 Å². The standard InChI is InChI=1S/C17H24N2OS/c1-4-15(18)17(14-7-5-6-8-16(14)20-3)19(2)11-13-9-10-21-12-13/h5-10,12,15,17H,4,11,18H2,1-3H3. The lowest BCUT2D eigenvalue weighted by atomic mass is 9.95. The van der Waals surface area contributed by atoms with Gasteiger partial charge in [-0.3, -0.25) is 4.90 Å². The van der Waals surface area contributed by atoms with E-state index in [1.54, 1.807) is 18.4 Å². The molecule has 2 atom stereocenters. The zero-order valence-corrected chi connectivity index (χ0v) is 13.8. The molecule has 0 saturated heterocycles. The van der Waals surface area contributed by atoms with E-state index in [0.717, 1.165) is 24.3 Å². The van der Waals surface area contributed by atoms with Gasteiger partial charge < -0.3 is 10.5 Å². The predicted molar refractivity (Wildman–Crippen MR) is 89.8 cm³/mol. The third-order valence-electron chi connectivity index (χ3n) is 3.82. The number of nitrogens with two attached hydrogens (primary N) is 1. The summed E-state index contributed by atoms with van der Waals surface area (Å²) in [6, 6.07) is 10.5. The average molecular weight is 304 g/mol. The van der Waals surface area contributed by atoms with Crippen molar-refractivity contribution in [2.45, 2.75) is 32.0 Å². The molecule has 0 aliphatic rings. The molecule has 2 aromatic rings. The normalized spacial score (nSPS) is 14.1. The Labute approximate surface area is 131 Å². The van der Waals surface area contributed by atoms with Crippen molar-refractivity contribution in [2.24, 2.45) is 5.73 Å². The summed E-state index contributed by atoms with van der Waals surface area (Å²) in [5.74, 6) is 0.906. The van der Waals surface area contributed by atoms with Gasteiger partial charge in [-0.25, -0.2) is 0 Å². The highest BCUT2D eigenvalue weighted by Gasteiger charge is 2.25. The van der Waals surface area contributed by atoms with Crippen LogP contribution in [0.3, 0.4) is 0 Å². The maximum atomic E-state index is 6.41. The lowest BCUT2D eigenvalue weighted by Gasteiger charge is -2.33. The van der Waals surface area contributed by atoms with Crippen molar-refractivity contribution in [1.82, 2.24) is 4.90 Å². The average Bonchev–Trinajstić information content (AvgIpc) is 3.00. The molecule has 2 rings (SSSR count). The number of hydrogen-bond donors (Lipinski definition) is 1. The number of nitrogens with zero attached hydrogens (tertiary/aromatic N) is 1. The van der Waals surface area contributed by atoms with E-state index in [4.69, 9.17) is 10.5 Å². The molecule has 0 spiro atoms. The van der Waals surface area contributed by atoms with Gasteiger partial charge in [-0.15, -0.1) is 0 Å². The van der Waals surface area contributed by atoms with Crippen LogP contribution in [0.2, 0.25) is 0 Å². The zero-order valence-electron chi connectivity index (χ0n) is 13.0. The largest absolute Gasteiger partial charge is 0.496 e. The number of benzene rings is 1. The van der Waals surface area contributed by atoms with Crippen LogP contribution in [0.15, 0.2) is 41.1 Å². The summed E-state index contributed by atoms with van der Waals surface area (Å²) in [5.41, 5.74) is 8.89. The number of hydrogen-bond acceptors (Lipinski definition) is 4.